The second kappa shape index (κ2) is 12.0. The third-order valence-electron chi connectivity index (χ3n) is 3.98. The Hall–Kier alpha value is -2.69. The maximum Gasteiger partial charge on any atom is 0.269 e. The molecule has 9 heteroatoms. The molecule has 0 unspecified atom stereocenters. The molecule has 156 valence electrons. The fraction of sp³-hybridized carbons (Fsp3) is 0.300. The van der Waals surface area contributed by atoms with E-state index in [9.17, 15) is 14.9 Å². The topological polar surface area (TPSA) is 99.9 Å². The first-order valence-corrected chi connectivity index (χ1v) is 8.96. The Labute approximate surface area is 187 Å². The lowest BCUT2D eigenvalue weighted by Gasteiger charge is -2.12. The molecule has 2 N–H and O–H groups in total. The van der Waals surface area contributed by atoms with E-state index in [0.717, 1.165) is 11.1 Å². The summed E-state index contributed by atoms with van der Waals surface area (Å²) in [6, 6.07) is 13.8. The Morgan fingerprint density at radius 3 is 2.14 bits per heavy atom. The summed E-state index contributed by atoms with van der Waals surface area (Å²) in [6.45, 7) is 3.65. The molecule has 2 aromatic rings. The molecule has 0 atom stereocenters. The lowest BCUT2D eigenvalue weighted by molar-refractivity contribution is -0.384. The molecule has 1 amide bonds. The zero-order chi connectivity index (χ0) is 20.5. The van der Waals surface area contributed by atoms with E-state index < -0.39 is 4.92 Å². The number of amides is 1. The number of halogens is 1. The van der Waals surface area contributed by atoms with Crippen molar-refractivity contribution in [3.8, 4) is 0 Å². The van der Waals surface area contributed by atoms with Crippen molar-refractivity contribution in [1.82, 2.24) is 15.5 Å². The number of hydrogen-bond donors (Lipinski definition) is 2. The number of nitrogens with zero attached hydrogens (tertiary/aromatic N) is 3. The molecule has 0 fully saturated rings. The second-order valence-electron chi connectivity index (χ2n) is 6.37. The van der Waals surface area contributed by atoms with E-state index in [2.05, 4.69) is 15.6 Å². The Morgan fingerprint density at radius 2 is 1.62 bits per heavy atom. The molecule has 0 aliphatic carbocycles. The molecule has 0 radical (unpaired) electrons. The first kappa shape index (κ1) is 24.3. The van der Waals surface area contributed by atoms with Crippen LogP contribution in [0.25, 0.3) is 0 Å². The van der Waals surface area contributed by atoms with Crippen molar-refractivity contribution in [2.45, 2.75) is 20.0 Å². The third kappa shape index (κ3) is 7.68. The smallest absolute Gasteiger partial charge is 0.269 e. The highest BCUT2D eigenvalue weighted by molar-refractivity contribution is 14.0. The number of aliphatic imine (C=N–C) groups is 1. The van der Waals surface area contributed by atoms with Crippen LogP contribution in [0.2, 0.25) is 0 Å². The van der Waals surface area contributed by atoms with Crippen LogP contribution in [0.5, 0.6) is 0 Å². The zero-order valence-corrected chi connectivity index (χ0v) is 19.0. The maximum atomic E-state index is 11.9. The van der Waals surface area contributed by atoms with Crippen molar-refractivity contribution < 1.29 is 9.72 Å². The minimum Gasteiger partial charge on any atom is -0.357 e. The van der Waals surface area contributed by atoms with Crippen LogP contribution in [0, 0.1) is 10.1 Å². The van der Waals surface area contributed by atoms with Crippen molar-refractivity contribution in [3.05, 3.63) is 75.3 Å². The van der Waals surface area contributed by atoms with Crippen molar-refractivity contribution in [2.75, 3.05) is 20.6 Å². The summed E-state index contributed by atoms with van der Waals surface area (Å²) in [5, 5.41) is 17.1. The number of rotatable bonds is 7. The van der Waals surface area contributed by atoms with Gasteiger partial charge in [0, 0.05) is 44.9 Å². The number of nitro benzene ring substituents is 1. The molecule has 8 nitrogen and oxygen atoms in total. The minimum atomic E-state index is -0.417. The van der Waals surface area contributed by atoms with E-state index in [1.165, 1.54) is 12.1 Å². The largest absolute Gasteiger partial charge is 0.357 e. The van der Waals surface area contributed by atoms with Gasteiger partial charge in [-0.1, -0.05) is 24.3 Å². The lowest BCUT2D eigenvalue weighted by atomic mass is 10.1. The van der Waals surface area contributed by atoms with Crippen LogP contribution < -0.4 is 10.6 Å². The Bertz CT molecular complexity index is 836. The molecular weight excluding hydrogens is 485 g/mol. The summed E-state index contributed by atoms with van der Waals surface area (Å²) in [4.78, 5) is 28.3. The minimum absolute atomic E-state index is 0. The SMILES string of the molecule is CCNC(=NCc1ccc(C(=O)N(C)C)cc1)NCc1ccc([N+](=O)[O-])cc1.I. The molecule has 0 saturated heterocycles. The number of nitrogens with one attached hydrogen (secondary N) is 2. The monoisotopic (exact) mass is 511 g/mol. The van der Waals surface area contributed by atoms with Crippen molar-refractivity contribution in [3.63, 3.8) is 0 Å². The van der Waals surface area contributed by atoms with Gasteiger partial charge in [-0.15, -0.1) is 24.0 Å². The fourth-order valence-corrected chi connectivity index (χ4v) is 2.44. The molecule has 0 saturated carbocycles. The highest BCUT2D eigenvalue weighted by Crippen LogP contribution is 2.11. The quantitative estimate of drug-likeness (QED) is 0.196. The molecule has 0 heterocycles. The average molecular weight is 511 g/mol. The van der Waals surface area contributed by atoms with Crippen molar-refractivity contribution >= 4 is 41.5 Å². The van der Waals surface area contributed by atoms with Gasteiger partial charge in [0.25, 0.3) is 11.6 Å². The van der Waals surface area contributed by atoms with E-state index in [4.69, 9.17) is 0 Å². The zero-order valence-electron chi connectivity index (χ0n) is 16.7. The number of nitro groups is 1. The van der Waals surface area contributed by atoms with Crippen LogP contribution in [0.4, 0.5) is 5.69 Å². The molecule has 29 heavy (non-hydrogen) atoms. The predicted molar refractivity (Wildman–Crippen MR) is 125 cm³/mol. The van der Waals surface area contributed by atoms with Gasteiger partial charge < -0.3 is 15.5 Å². The Balaban J connectivity index is 0.00000420. The van der Waals surface area contributed by atoms with Crippen LogP contribution in [0.15, 0.2) is 53.5 Å². The van der Waals surface area contributed by atoms with E-state index in [0.29, 0.717) is 31.2 Å². The summed E-state index contributed by atoms with van der Waals surface area (Å²) >= 11 is 0. The Kier molecular flexibility index (Phi) is 10.1. The van der Waals surface area contributed by atoms with E-state index in [1.807, 2.05) is 19.1 Å². The van der Waals surface area contributed by atoms with E-state index >= 15 is 0 Å². The summed E-state index contributed by atoms with van der Waals surface area (Å²) in [7, 11) is 3.44. The Morgan fingerprint density at radius 1 is 1.03 bits per heavy atom. The van der Waals surface area contributed by atoms with Crippen LogP contribution in [-0.2, 0) is 13.1 Å². The first-order valence-electron chi connectivity index (χ1n) is 8.96. The molecule has 2 aromatic carbocycles. The van der Waals surface area contributed by atoms with Gasteiger partial charge in [0.05, 0.1) is 11.5 Å². The maximum absolute atomic E-state index is 11.9. The number of hydrogen-bond acceptors (Lipinski definition) is 4. The molecule has 2 rings (SSSR count). The highest BCUT2D eigenvalue weighted by Gasteiger charge is 2.07. The van der Waals surface area contributed by atoms with Gasteiger partial charge in [0.15, 0.2) is 5.96 Å². The van der Waals surface area contributed by atoms with Gasteiger partial charge in [0.1, 0.15) is 0 Å². The number of carbonyl (C=O) groups is 1. The third-order valence-corrected chi connectivity index (χ3v) is 3.98. The van der Waals surface area contributed by atoms with Gasteiger partial charge in [0.2, 0.25) is 0 Å². The van der Waals surface area contributed by atoms with E-state index in [-0.39, 0.29) is 35.6 Å². The van der Waals surface area contributed by atoms with E-state index in [1.54, 1.807) is 43.3 Å². The van der Waals surface area contributed by atoms with Gasteiger partial charge in [-0.3, -0.25) is 14.9 Å². The van der Waals surface area contributed by atoms with Crippen LogP contribution in [0.3, 0.4) is 0 Å². The van der Waals surface area contributed by atoms with Crippen molar-refractivity contribution in [2.24, 2.45) is 4.99 Å². The van der Waals surface area contributed by atoms with Crippen molar-refractivity contribution in [1.29, 1.82) is 0 Å². The van der Waals surface area contributed by atoms with Crippen LogP contribution in [-0.4, -0.2) is 42.3 Å². The molecule has 0 spiro atoms. The van der Waals surface area contributed by atoms with Gasteiger partial charge >= 0.3 is 0 Å². The molecule has 0 aliphatic rings. The molecule has 0 aromatic heterocycles. The normalized spacial score (nSPS) is 10.7. The molecule has 0 bridgehead atoms. The predicted octanol–water partition coefficient (Wildman–Crippen LogP) is 3.17. The summed E-state index contributed by atoms with van der Waals surface area (Å²) < 4.78 is 0. The number of guanidine groups is 1. The first-order chi connectivity index (χ1) is 13.4. The number of benzene rings is 2. The fourth-order valence-electron chi connectivity index (χ4n) is 2.44. The molecular formula is C20H26IN5O3. The lowest BCUT2D eigenvalue weighted by Crippen LogP contribution is -2.36. The van der Waals surface area contributed by atoms with Gasteiger partial charge in [-0.05, 0) is 30.2 Å². The van der Waals surface area contributed by atoms with Gasteiger partial charge in [-0.25, -0.2) is 4.99 Å². The van der Waals surface area contributed by atoms with Gasteiger partial charge in [-0.2, -0.15) is 0 Å². The number of carbonyl (C=O) groups excluding carboxylic acids is 1. The summed E-state index contributed by atoms with van der Waals surface area (Å²) in [5.74, 6) is 0.613. The second-order valence-corrected chi connectivity index (χ2v) is 6.37. The summed E-state index contributed by atoms with van der Waals surface area (Å²) in [5.41, 5.74) is 2.62. The van der Waals surface area contributed by atoms with Crippen LogP contribution >= 0.6 is 24.0 Å². The number of non-ortho nitro benzene ring substituents is 1. The highest BCUT2D eigenvalue weighted by atomic mass is 127. The average Bonchev–Trinajstić information content (AvgIpc) is 2.70. The standard InChI is InChI=1S/C20H25N5O3.HI/c1-4-21-20(23-14-16-7-11-18(12-8-16)25(27)28)22-13-15-5-9-17(10-6-15)19(26)24(2)3;/h5-12H,4,13-14H2,1-3H3,(H2,21,22,23);1H. The molecule has 0 aliphatic heterocycles. The van der Waals surface area contributed by atoms with Crippen LogP contribution in [0.1, 0.15) is 28.4 Å². The summed E-state index contributed by atoms with van der Waals surface area (Å²) in [6.07, 6.45) is 0.